The maximum Gasteiger partial charge on any atom is 0.270 e. The molecule has 1 aromatic heterocycles. The number of hydrogen-bond acceptors (Lipinski definition) is 4. The van der Waals surface area contributed by atoms with Crippen molar-refractivity contribution in [3.63, 3.8) is 0 Å². The molecule has 0 bridgehead atoms. The van der Waals surface area contributed by atoms with Gasteiger partial charge in [0.05, 0.1) is 0 Å². The lowest BCUT2D eigenvalue weighted by Gasteiger charge is -2.13. The molecule has 0 saturated carbocycles. The highest BCUT2D eigenvalue weighted by Gasteiger charge is 2.14. The number of nitrogens with zero attached hydrogens (tertiary/aromatic N) is 2. The van der Waals surface area contributed by atoms with Gasteiger partial charge in [0.1, 0.15) is 35.7 Å². The van der Waals surface area contributed by atoms with Crippen LogP contribution in [0, 0.1) is 5.82 Å². The molecular formula is C33H25Cl2FN2O3. The van der Waals surface area contributed by atoms with Gasteiger partial charge in [-0.05, 0) is 66.6 Å². The molecule has 1 unspecified atom stereocenters. The van der Waals surface area contributed by atoms with Crippen molar-refractivity contribution >= 4 is 35.2 Å². The molecule has 0 fully saturated rings. The quantitative estimate of drug-likeness (QED) is 0.162. The first-order chi connectivity index (χ1) is 19.9. The number of rotatable bonds is 9. The summed E-state index contributed by atoms with van der Waals surface area (Å²) in [7, 11) is 0. The fraction of sp³-hybridized carbons (Fsp3) is 0.0909. The Morgan fingerprint density at radius 2 is 1.71 bits per heavy atom. The van der Waals surface area contributed by atoms with Crippen molar-refractivity contribution in [3.05, 3.63) is 142 Å². The third-order valence-corrected chi connectivity index (χ3v) is 6.89. The average Bonchev–Trinajstić information content (AvgIpc) is 3.48. The minimum Gasteiger partial charge on any atom is -0.489 e. The van der Waals surface area contributed by atoms with Gasteiger partial charge < -0.3 is 9.47 Å². The molecular weight excluding hydrogens is 562 g/mol. The summed E-state index contributed by atoms with van der Waals surface area (Å²) in [4.78, 5) is 12.7. The molecule has 0 amide bonds. The van der Waals surface area contributed by atoms with Gasteiger partial charge in [0.15, 0.2) is 0 Å². The van der Waals surface area contributed by atoms with Crippen molar-refractivity contribution in [2.75, 3.05) is 0 Å². The smallest absolute Gasteiger partial charge is 0.270 e. The topological polar surface area (TPSA) is 53.4 Å². The molecule has 206 valence electrons. The summed E-state index contributed by atoms with van der Waals surface area (Å²) in [5.41, 5.74) is 3.48. The molecule has 4 aromatic carbocycles. The number of halogens is 3. The van der Waals surface area contributed by atoms with E-state index in [4.69, 9.17) is 32.7 Å². The first kappa shape index (κ1) is 28.1. The van der Waals surface area contributed by atoms with E-state index in [1.54, 1.807) is 49.5 Å². The van der Waals surface area contributed by atoms with Gasteiger partial charge in [-0.15, -0.1) is 0 Å². The van der Waals surface area contributed by atoms with E-state index in [1.165, 1.54) is 16.8 Å². The Hall–Kier alpha value is -4.39. The van der Waals surface area contributed by atoms with Gasteiger partial charge in [-0.25, -0.2) is 9.07 Å². The fourth-order valence-corrected chi connectivity index (χ4v) is 4.54. The van der Waals surface area contributed by atoms with Gasteiger partial charge in [-0.1, -0.05) is 71.7 Å². The molecule has 1 heterocycles. The van der Waals surface area contributed by atoms with E-state index in [9.17, 15) is 9.18 Å². The highest BCUT2D eigenvalue weighted by atomic mass is 35.5. The summed E-state index contributed by atoms with van der Waals surface area (Å²) >= 11 is 12.1. The zero-order valence-electron chi connectivity index (χ0n) is 22.0. The van der Waals surface area contributed by atoms with Crippen LogP contribution in [0.15, 0.2) is 109 Å². The summed E-state index contributed by atoms with van der Waals surface area (Å²) in [5, 5.41) is 5.46. The number of allylic oxidation sites excluding steroid dienone is 1. The van der Waals surface area contributed by atoms with Crippen LogP contribution in [-0.2, 0) is 6.61 Å². The summed E-state index contributed by atoms with van der Waals surface area (Å²) < 4.78 is 27.6. The Labute approximate surface area is 247 Å². The van der Waals surface area contributed by atoms with E-state index in [0.29, 0.717) is 39.4 Å². The van der Waals surface area contributed by atoms with Gasteiger partial charge >= 0.3 is 0 Å². The van der Waals surface area contributed by atoms with E-state index in [2.05, 4.69) is 5.10 Å². The minimum atomic E-state index is -0.495. The van der Waals surface area contributed by atoms with E-state index in [0.717, 1.165) is 16.7 Å². The Balaban J connectivity index is 1.16. The van der Waals surface area contributed by atoms with Crippen LogP contribution in [0.2, 0.25) is 10.0 Å². The zero-order valence-corrected chi connectivity index (χ0v) is 23.5. The average molecular weight is 587 g/mol. The van der Waals surface area contributed by atoms with Crippen LogP contribution in [0.1, 0.15) is 34.6 Å². The van der Waals surface area contributed by atoms with E-state index in [1.807, 2.05) is 60.7 Å². The van der Waals surface area contributed by atoms with Crippen molar-refractivity contribution in [3.8, 4) is 22.6 Å². The molecule has 0 saturated heterocycles. The van der Waals surface area contributed by atoms with E-state index < -0.39 is 6.10 Å². The lowest BCUT2D eigenvalue weighted by molar-refractivity contribution is 0.0953. The molecule has 5 rings (SSSR count). The molecule has 8 heteroatoms. The van der Waals surface area contributed by atoms with Crippen LogP contribution in [0.4, 0.5) is 4.39 Å². The monoisotopic (exact) mass is 586 g/mol. The maximum absolute atomic E-state index is 14.7. The minimum absolute atomic E-state index is 0.307. The third kappa shape index (κ3) is 7.23. The van der Waals surface area contributed by atoms with Gasteiger partial charge in [0.25, 0.3) is 5.91 Å². The van der Waals surface area contributed by atoms with Crippen LogP contribution < -0.4 is 9.47 Å². The zero-order chi connectivity index (χ0) is 28.8. The second kappa shape index (κ2) is 12.9. The van der Waals surface area contributed by atoms with Crippen molar-refractivity contribution in [2.24, 2.45) is 0 Å². The summed E-state index contributed by atoms with van der Waals surface area (Å²) in [6.07, 6.45) is 4.20. The molecule has 0 aliphatic rings. The van der Waals surface area contributed by atoms with Gasteiger partial charge in [0.2, 0.25) is 0 Å². The predicted molar refractivity (Wildman–Crippen MR) is 160 cm³/mol. The van der Waals surface area contributed by atoms with Crippen LogP contribution in [0.3, 0.4) is 0 Å². The molecule has 0 aliphatic carbocycles. The Morgan fingerprint density at radius 3 is 2.44 bits per heavy atom. The second-order valence-corrected chi connectivity index (χ2v) is 10.1. The molecule has 1 atom stereocenters. The van der Waals surface area contributed by atoms with Gasteiger partial charge in [-0.3, -0.25) is 4.79 Å². The maximum atomic E-state index is 14.7. The van der Waals surface area contributed by atoms with Crippen LogP contribution in [-0.4, -0.2) is 15.7 Å². The molecule has 0 spiro atoms. The normalized spacial score (nSPS) is 11.9. The summed E-state index contributed by atoms with van der Waals surface area (Å²) in [5.74, 6) is 0.343. The lowest BCUT2D eigenvalue weighted by atomic mass is 10.1. The molecule has 5 nitrogen and oxygen atoms in total. The SMILES string of the molecule is CC(Oc1ccc(-c2ccccc2)c(F)c1)c1ccn(C(=O)C=Cc2ccc(OCc3ccc(Cl)cc3Cl)cc2)n1. The predicted octanol–water partition coefficient (Wildman–Crippen LogP) is 9.07. The van der Waals surface area contributed by atoms with Crippen molar-refractivity contribution in [1.82, 2.24) is 9.78 Å². The Bertz CT molecular complexity index is 1690. The highest BCUT2D eigenvalue weighted by molar-refractivity contribution is 6.35. The fourth-order valence-electron chi connectivity index (χ4n) is 4.08. The first-order valence-electron chi connectivity index (χ1n) is 12.8. The second-order valence-electron chi connectivity index (χ2n) is 9.22. The van der Waals surface area contributed by atoms with Crippen LogP contribution in [0.5, 0.6) is 11.5 Å². The van der Waals surface area contributed by atoms with Crippen molar-refractivity contribution < 1.29 is 18.7 Å². The molecule has 41 heavy (non-hydrogen) atoms. The summed E-state index contributed by atoms with van der Waals surface area (Å²) in [6, 6.07) is 28.3. The molecule has 0 N–H and O–H groups in total. The molecule has 0 aliphatic heterocycles. The van der Waals surface area contributed by atoms with E-state index in [-0.39, 0.29) is 11.7 Å². The third-order valence-electron chi connectivity index (χ3n) is 6.30. The van der Waals surface area contributed by atoms with Crippen molar-refractivity contribution in [1.29, 1.82) is 0 Å². The Morgan fingerprint density at radius 1 is 0.951 bits per heavy atom. The Kier molecular flexibility index (Phi) is 8.82. The number of carbonyl (C=O) groups is 1. The van der Waals surface area contributed by atoms with Gasteiger partial charge in [0, 0.05) is 39.5 Å². The number of carbonyl (C=O) groups excluding carboxylic acids is 1. The first-order valence-corrected chi connectivity index (χ1v) is 13.6. The molecule has 5 aromatic rings. The number of benzene rings is 4. The largest absolute Gasteiger partial charge is 0.489 e. The van der Waals surface area contributed by atoms with Gasteiger partial charge in [-0.2, -0.15) is 5.10 Å². The standard InChI is InChI=1S/C33H25Cl2FN2O3/c1-22(41-28-14-15-29(31(36)20-28)24-5-3-2-4-6-24)32-17-18-38(37-32)33(39)16-9-23-7-12-27(13-8-23)40-21-25-10-11-26(34)19-30(25)35/h2-20,22H,21H2,1H3. The number of ether oxygens (including phenoxy) is 2. The van der Waals surface area contributed by atoms with Crippen molar-refractivity contribution in [2.45, 2.75) is 19.6 Å². The highest BCUT2D eigenvalue weighted by Crippen LogP contribution is 2.28. The van der Waals surface area contributed by atoms with E-state index >= 15 is 0 Å². The summed E-state index contributed by atoms with van der Waals surface area (Å²) in [6.45, 7) is 2.10. The number of hydrogen-bond donors (Lipinski definition) is 0. The molecule has 0 radical (unpaired) electrons. The lowest BCUT2D eigenvalue weighted by Crippen LogP contribution is -2.10. The van der Waals surface area contributed by atoms with Crippen LogP contribution in [0.25, 0.3) is 17.2 Å². The number of aromatic nitrogens is 2. The van der Waals surface area contributed by atoms with Crippen LogP contribution >= 0.6 is 23.2 Å².